The van der Waals surface area contributed by atoms with E-state index in [1.807, 2.05) is 0 Å². The van der Waals surface area contributed by atoms with Crippen molar-refractivity contribution in [2.45, 2.75) is 6.42 Å². The Morgan fingerprint density at radius 2 is 2.09 bits per heavy atom. The van der Waals surface area contributed by atoms with Crippen molar-refractivity contribution in [3.05, 3.63) is 25.3 Å². The molecule has 2 amide bonds. The predicted molar refractivity (Wildman–Crippen MR) is 46.1 cm³/mol. The van der Waals surface area contributed by atoms with Gasteiger partial charge in [0.2, 0.25) is 0 Å². The summed E-state index contributed by atoms with van der Waals surface area (Å²) in [6, 6.07) is -0.489. The number of nitrogens with two attached hydrogens (primary N) is 1. The number of hydrogen-bond acceptors (Lipinski definition) is 1. The van der Waals surface area contributed by atoms with Crippen LogP contribution in [0.2, 0.25) is 0 Å². The third-order valence-corrected chi connectivity index (χ3v) is 1.38. The standard InChI is InChI=1S/C8H14N2O/c1-3-7(4-2)5-6-10-8(9)11/h3-4,7H,1-2,5-6H2,(H3,9,10,11). The molecule has 3 nitrogen and oxygen atoms in total. The van der Waals surface area contributed by atoms with Crippen molar-refractivity contribution in [2.75, 3.05) is 6.54 Å². The van der Waals surface area contributed by atoms with Crippen molar-refractivity contribution in [3.8, 4) is 0 Å². The molecule has 0 aliphatic rings. The first-order valence-electron chi connectivity index (χ1n) is 3.49. The quantitative estimate of drug-likeness (QED) is 0.571. The number of carbonyl (C=O) groups is 1. The molecule has 62 valence electrons. The normalized spacial score (nSPS) is 9.18. The summed E-state index contributed by atoms with van der Waals surface area (Å²) in [6.45, 7) is 7.80. The zero-order valence-electron chi connectivity index (χ0n) is 6.55. The van der Waals surface area contributed by atoms with Gasteiger partial charge in [-0.1, -0.05) is 12.2 Å². The second-order valence-electron chi connectivity index (χ2n) is 2.21. The lowest BCUT2D eigenvalue weighted by Crippen LogP contribution is -2.30. The smallest absolute Gasteiger partial charge is 0.312 e. The lowest BCUT2D eigenvalue weighted by molar-refractivity contribution is 0.248. The SMILES string of the molecule is C=CC(C=C)CCNC(N)=O. The van der Waals surface area contributed by atoms with Crippen LogP contribution in [-0.2, 0) is 0 Å². The molecule has 0 fully saturated rings. The van der Waals surface area contributed by atoms with Gasteiger partial charge >= 0.3 is 6.03 Å². The zero-order chi connectivity index (χ0) is 8.69. The minimum absolute atomic E-state index is 0.252. The molecule has 0 aromatic heterocycles. The highest BCUT2D eigenvalue weighted by Gasteiger charge is 1.97. The number of rotatable bonds is 5. The lowest BCUT2D eigenvalue weighted by atomic mass is 10.1. The molecule has 0 radical (unpaired) electrons. The van der Waals surface area contributed by atoms with Crippen LogP contribution in [0.4, 0.5) is 4.79 Å². The molecule has 0 aliphatic heterocycles. The number of primary amides is 1. The van der Waals surface area contributed by atoms with Gasteiger partial charge < -0.3 is 11.1 Å². The molecule has 0 bridgehead atoms. The molecule has 0 saturated carbocycles. The molecule has 0 saturated heterocycles. The molecule has 11 heavy (non-hydrogen) atoms. The average molecular weight is 154 g/mol. The van der Waals surface area contributed by atoms with Crippen LogP contribution in [0.25, 0.3) is 0 Å². The summed E-state index contributed by atoms with van der Waals surface area (Å²) in [5.41, 5.74) is 4.86. The van der Waals surface area contributed by atoms with E-state index in [1.165, 1.54) is 0 Å². The van der Waals surface area contributed by atoms with E-state index in [1.54, 1.807) is 12.2 Å². The van der Waals surface area contributed by atoms with Crippen LogP contribution in [0.15, 0.2) is 25.3 Å². The highest BCUT2D eigenvalue weighted by molar-refractivity contribution is 5.71. The molecular weight excluding hydrogens is 140 g/mol. The minimum Gasteiger partial charge on any atom is -0.352 e. The van der Waals surface area contributed by atoms with E-state index < -0.39 is 6.03 Å². The molecule has 3 N–H and O–H groups in total. The Hall–Kier alpha value is -1.25. The first kappa shape index (κ1) is 9.75. The summed E-state index contributed by atoms with van der Waals surface area (Å²) in [6.07, 6.45) is 4.38. The van der Waals surface area contributed by atoms with E-state index in [9.17, 15) is 4.79 Å². The second-order valence-corrected chi connectivity index (χ2v) is 2.21. The van der Waals surface area contributed by atoms with Gasteiger partial charge in [0.1, 0.15) is 0 Å². The number of nitrogens with one attached hydrogen (secondary N) is 1. The lowest BCUT2D eigenvalue weighted by Gasteiger charge is -2.05. The highest BCUT2D eigenvalue weighted by Crippen LogP contribution is 2.02. The predicted octanol–water partition coefficient (Wildman–Crippen LogP) is 1.03. The van der Waals surface area contributed by atoms with Crippen LogP contribution in [0.3, 0.4) is 0 Å². The van der Waals surface area contributed by atoms with Crippen LogP contribution >= 0.6 is 0 Å². The summed E-state index contributed by atoms with van der Waals surface area (Å²) in [5, 5.41) is 2.49. The van der Waals surface area contributed by atoms with Crippen molar-refractivity contribution >= 4 is 6.03 Å². The van der Waals surface area contributed by atoms with E-state index in [0.29, 0.717) is 6.54 Å². The van der Waals surface area contributed by atoms with Crippen LogP contribution in [0.1, 0.15) is 6.42 Å². The van der Waals surface area contributed by atoms with Crippen molar-refractivity contribution < 1.29 is 4.79 Å². The van der Waals surface area contributed by atoms with Gasteiger partial charge in [-0.05, 0) is 12.3 Å². The number of amides is 2. The average Bonchev–Trinajstić information content (AvgIpc) is 1.98. The van der Waals surface area contributed by atoms with E-state index in [4.69, 9.17) is 5.73 Å². The fourth-order valence-electron chi connectivity index (χ4n) is 0.694. The fraction of sp³-hybridized carbons (Fsp3) is 0.375. The molecule has 0 unspecified atom stereocenters. The summed E-state index contributed by atoms with van der Waals surface area (Å²) < 4.78 is 0. The first-order valence-corrected chi connectivity index (χ1v) is 3.49. The van der Waals surface area contributed by atoms with Gasteiger partial charge in [-0.3, -0.25) is 0 Å². The van der Waals surface area contributed by atoms with Crippen LogP contribution in [0.5, 0.6) is 0 Å². The summed E-state index contributed by atoms with van der Waals surface area (Å²) >= 11 is 0. The maximum absolute atomic E-state index is 10.2. The molecule has 0 aromatic carbocycles. The van der Waals surface area contributed by atoms with E-state index >= 15 is 0 Å². The topological polar surface area (TPSA) is 55.1 Å². The van der Waals surface area contributed by atoms with Gasteiger partial charge in [-0.15, -0.1) is 13.2 Å². The Balaban J connectivity index is 3.43. The molecular formula is C8H14N2O. The van der Waals surface area contributed by atoms with Gasteiger partial charge in [0.05, 0.1) is 0 Å². The Bertz CT molecular complexity index is 146. The molecule has 0 aromatic rings. The molecule has 0 spiro atoms. The largest absolute Gasteiger partial charge is 0.352 e. The van der Waals surface area contributed by atoms with Gasteiger partial charge in [0.15, 0.2) is 0 Å². The third kappa shape index (κ3) is 5.21. The maximum Gasteiger partial charge on any atom is 0.312 e. The molecule has 0 rings (SSSR count). The van der Waals surface area contributed by atoms with Gasteiger partial charge in [0.25, 0.3) is 0 Å². The molecule has 0 aliphatic carbocycles. The first-order chi connectivity index (χ1) is 5.20. The van der Waals surface area contributed by atoms with E-state index in [0.717, 1.165) is 6.42 Å². The van der Waals surface area contributed by atoms with Gasteiger partial charge in [-0.2, -0.15) is 0 Å². The van der Waals surface area contributed by atoms with E-state index in [2.05, 4.69) is 18.5 Å². The minimum atomic E-state index is -0.489. The van der Waals surface area contributed by atoms with E-state index in [-0.39, 0.29) is 5.92 Å². The Kier molecular flexibility index (Phi) is 4.90. The van der Waals surface area contributed by atoms with Crippen molar-refractivity contribution in [1.82, 2.24) is 5.32 Å². The number of urea groups is 1. The van der Waals surface area contributed by atoms with Gasteiger partial charge in [0, 0.05) is 6.54 Å². The Morgan fingerprint density at radius 3 is 2.45 bits per heavy atom. The van der Waals surface area contributed by atoms with Crippen molar-refractivity contribution in [3.63, 3.8) is 0 Å². The molecule has 3 heteroatoms. The zero-order valence-corrected chi connectivity index (χ0v) is 6.55. The number of allylic oxidation sites excluding steroid dienone is 2. The highest BCUT2D eigenvalue weighted by atomic mass is 16.2. The van der Waals surface area contributed by atoms with Gasteiger partial charge in [-0.25, -0.2) is 4.79 Å². The third-order valence-electron chi connectivity index (χ3n) is 1.38. The maximum atomic E-state index is 10.2. The van der Waals surface area contributed by atoms with Crippen LogP contribution < -0.4 is 11.1 Å². The Morgan fingerprint density at radius 1 is 1.55 bits per heavy atom. The molecule has 0 atom stereocenters. The van der Waals surface area contributed by atoms with Crippen LogP contribution in [0, 0.1) is 5.92 Å². The van der Waals surface area contributed by atoms with Crippen molar-refractivity contribution in [2.24, 2.45) is 11.7 Å². The molecule has 0 heterocycles. The van der Waals surface area contributed by atoms with Crippen LogP contribution in [-0.4, -0.2) is 12.6 Å². The summed E-state index contributed by atoms with van der Waals surface area (Å²) in [5.74, 6) is 0.252. The fourth-order valence-corrected chi connectivity index (χ4v) is 0.694. The Labute approximate surface area is 67.0 Å². The number of hydrogen-bond donors (Lipinski definition) is 2. The summed E-state index contributed by atoms with van der Waals surface area (Å²) in [4.78, 5) is 10.2. The number of carbonyl (C=O) groups excluding carboxylic acids is 1. The monoisotopic (exact) mass is 154 g/mol. The second kappa shape index (κ2) is 5.53. The summed E-state index contributed by atoms with van der Waals surface area (Å²) in [7, 11) is 0. The van der Waals surface area contributed by atoms with Crippen molar-refractivity contribution in [1.29, 1.82) is 0 Å².